The average molecular weight is 430 g/mol. The van der Waals surface area contributed by atoms with E-state index in [1.54, 1.807) is 4.90 Å². The van der Waals surface area contributed by atoms with Crippen LogP contribution in [-0.2, 0) is 19.5 Å². The number of hydrogen-bond donors (Lipinski definition) is 0. The van der Waals surface area contributed by atoms with Gasteiger partial charge in [0.2, 0.25) is 0 Å². The van der Waals surface area contributed by atoms with E-state index in [1.165, 1.54) is 11.3 Å². The molecule has 1 aromatic carbocycles. The fourth-order valence-corrected chi connectivity index (χ4v) is 5.31. The zero-order valence-corrected chi connectivity index (χ0v) is 18.3. The first kappa shape index (κ1) is 20.1. The van der Waals surface area contributed by atoms with E-state index >= 15 is 0 Å². The van der Waals surface area contributed by atoms with E-state index in [9.17, 15) is 9.59 Å². The summed E-state index contributed by atoms with van der Waals surface area (Å²) in [4.78, 5) is 34.3. The standard InChI is InChI=1S/C22H24ClN3O2S/c1-3-25(13-15-8-7-9-16(23)12-15)22(28)19-14(2)18-20(29-19)24-17-10-5-4-6-11-26(17)21(18)27/h7-9,12H,3-6,10-11,13H2,1-2H3. The molecule has 7 heteroatoms. The fraction of sp³-hybridized carbons (Fsp3) is 0.409. The van der Waals surface area contributed by atoms with Crippen LogP contribution in [-0.4, -0.2) is 26.9 Å². The predicted octanol–water partition coefficient (Wildman–Crippen LogP) is 4.81. The molecule has 0 aliphatic carbocycles. The fourth-order valence-electron chi connectivity index (χ4n) is 3.94. The second-order valence-electron chi connectivity index (χ2n) is 7.48. The van der Waals surface area contributed by atoms with Gasteiger partial charge in [0.1, 0.15) is 10.7 Å². The zero-order chi connectivity index (χ0) is 20.5. The van der Waals surface area contributed by atoms with E-state index in [-0.39, 0.29) is 11.5 Å². The maximum Gasteiger partial charge on any atom is 0.264 e. The molecule has 0 saturated heterocycles. The molecular weight excluding hydrogens is 406 g/mol. The van der Waals surface area contributed by atoms with E-state index in [0.29, 0.717) is 39.8 Å². The number of thiophene rings is 1. The van der Waals surface area contributed by atoms with Gasteiger partial charge in [0.15, 0.2) is 0 Å². The molecule has 0 unspecified atom stereocenters. The van der Waals surface area contributed by atoms with Gasteiger partial charge < -0.3 is 4.90 Å². The Morgan fingerprint density at radius 1 is 1.31 bits per heavy atom. The Balaban J connectivity index is 1.73. The maximum absolute atomic E-state index is 13.3. The number of nitrogens with zero attached hydrogens (tertiary/aromatic N) is 3. The van der Waals surface area contributed by atoms with Crippen molar-refractivity contribution in [2.75, 3.05) is 6.54 Å². The van der Waals surface area contributed by atoms with Crippen molar-refractivity contribution < 1.29 is 4.79 Å². The summed E-state index contributed by atoms with van der Waals surface area (Å²) in [6, 6.07) is 7.55. The molecule has 3 aromatic rings. The van der Waals surface area contributed by atoms with Gasteiger partial charge in [-0.3, -0.25) is 14.2 Å². The number of aryl methyl sites for hydroxylation is 2. The van der Waals surface area contributed by atoms with Crippen LogP contribution in [0.4, 0.5) is 0 Å². The Labute approximate surface area is 178 Å². The van der Waals surface area contributed by atoms with Gasteiger partial charge in [-0.15, -0.1) is 11.3 Å². The third-order valence-corrected chi connectivity index (χ3v) is 6.95. The van der Waals surface area contributed by atoms with E-state index in [2.05, 4.69) is 0 Å². The highest BCUT2D eigenvalue weighted by molar-refractivity contribution is 7.20. The Morgan fingerprint density at radius 3 is 2.90 bits per heavy atom. The quantitative estimate of drug-likeness (QED) is 0.598. The van der Waals surface area contributed by atoms with Crippen molar-refractivity contribution in [3.05, 3.63) is 61.5 Å². The number of carbonyl (C=O) groups excluding carboxylic acids is 1. The minimum absolute atomic E-state index is 0.00223. The van der Waals surface area contributed by atoms with Gasteiger partial charge in [-0.1, -0.05) is 30.2 Å². The molecule has 3 heterocycles. The van der Waals surface area contributed by atoms with Gasteiger partial charge >= 0.3 is 0 Å². The number of halogens is 1. The SMILES string of the molecule is CCN(Cc1cccc(Cl)c1)C(=O)c1sc2nc3n(c(=O)c2c1C)CCCCC3. The van der Waals surface area contributed by atoms with Crippen LogP contribution < -0.4 is 5.56 Å². The summed E-state index contributed by atoms with van der Waals surface area (Å²) in [6.45, 7) is 5.59. The van der Waals surface area contributed by atoms with Crippen molar-refractivity contribution in [2.45, 2.75) is 52.6 Å². The predicted molar refractivity (Wildman–Crippen MR) is 118 cm³/mol. The molecule has 2 aromatic heterocycles. The Bertz CT molecular complexity index is 1140. The summed E-state index contributed by atoms with van der Waals surface area (Å²) in [5.41, 5.74) is 1.73. The lowest BCUT2D eigenvalue weighted by atomic mass is 10.1. The molecule has 0 spiro atoms. The molecule has 0 atom stereocenters. The molecule has 0 N–H and O–H groups in total. The highest BCUT2D eigenvalue weighted by Crippen LogP contribution is 2.30. The number of rotatable bonds is 4. The smallest absolute Gasteiger partial charge is 0.264 e. The summed E-state index contributed by atoms with van der Waals surface area (Å²) in [5.74, 6) is 0.791. The van der Waals surface area contributed by atoms with Crippen molar-refractivity contribution in [3.63, 3.8) is 0 Å². The van der Waals surface area contributed by atoms with Crippen molar-refractivity contribution >= 4 is 39.1 Å². The molecule has 5 nitrogen and oxygen atoms in total. The van der Waals surface area contributed by atoms with Crippen molar-refractivity contribution in [3.8, 4) is 0 Å². The molecule has 1 aliphatic heterocycles. The topological polar surface area (TPSA) is 55.2 Å². The first-order chi connectivity index (χ1) is 14.0. The molecule has 1 aliphatic rings. The number of fused-ring (bicyclic) bond motifs is 2. The summed E-state index contributed by atoms with van der Waals surface area (Å²) >= 11 is 7.43. The molecule has 1 amide bonds. The van der Waals surface area contributed by atoms with E-state index < -0.39 is 0 Å². The molecule has 29 heavy (non-hydrogen) atoms. The monoisotopic (exact) mass is 429 g/mol. The van der Waals surface area contributed by atoms with E-state index in [0.717, 1.165) is 42.6 Å². The third-order valence-electron chi connectivity index (χ3n) is 5.54. The first-order valence-electron chi connectivity index (χ1n) is 10.1. The lowest BCUT2D eigenvalue weighted by molar-refractivity contribution is 0.0757. The van der Waals surface area contributed by atoms with Crippen molar-refractivity contribution in [1.29, 1.82) is 0 Å². The second-order valence-corrected chi connectivity index (χ2v) is 8.92. The second kappa shape index (κ2) is 8.28. The minimum Gasteiger partial charge on any atom is -0.334 e. The molecule has 152 valence electrons. The van der Waals surface area contributed by atoms with Crippen molar-refractivity contribution in [2.24, 2.45) is 0 Å². The van der Waals surface area contributed by atoms with Crippen LogP contribution in [0.5, 0.6) is 0 Å². The molecule has 0 radical (unpaired) electrons. The Kier molecular flexibility index (Phi) is 5.74. The van der Waals surface area contributed by atoms with Crippen LogP contribution >= 0.6 is 22.9 Å². The Morgan fingerprint density at radius 2 is 2.14 bits per heavy atom. The average Bonchev–Trinajstić information content (AvgIpc) is 2.87. The molecule has 0 bridgehead atoms. The number of hydrogen-bond acceptors (Lipinski definition) is 4. The highest BCUT2D eigenvalue weighted by atomic mass is 35.5. The normalized spacial score (nSPS) is 13.9. The number of benzene rings is 1. The lowest BCUT2D eigenvalue weighted by Crippen LogP contribution is -2.30. The van der Waals surface area contributed by atoms with Crippen LogP contribution in [0.15, 0.2) is 29.1 Å². The molecule has 0 fully saturated rings. The van der Waals surface area contributed by atoms with Gasteiger partial charge in [0.05, 0.1) is 10.3 Å². The van der Waals surface area contributed by atoms with Gasteiger partial charge in [-0.25, -0.2) is 4.98 Å². The van der Waals surface area contributed by atoms with Gasteiger partial charge in [0, 0.05) is 31.1 Å². The number of aromatic nitrogens is 2. The molecular formula is C22H24ClN3O2S. The van der Waals surface area contributed by atoms with E-state index in [1.807, 2.05) is 42.7 Å². The summed E-state index contributed by atoms with van der Waals surface area (Å²) in [5, 5.41) is 1.26. The van der Waals surface area contributed by atoms with E-state index in [4.69, 9.17) is 16.6 Å². The molecule has 4 rings (SSSR count). The summed E-state index contributed by atoms with van der Waals surface area (Å²) < 4.78 is 1.81. The molecule has 0 saturated carbocycles. The van der Waals surface area contributed by atoms with Crippen molar-refractivity contribution in [1.82, 2.24) is 14.5 Å². The van der Waals surface area contributed by atoms with Crippen LogP contribution in [0.2, 0.25) is 5.02 Å². The summed E-state index contributed by atoms with van der Waals surface area (Å²) in [6.07, 6.45) is 3.99. The van der Waals surface area contributed by atoms with Gasteiger partial charge in [-0.05, 0) is 49.9 Å². The maximum atomic E-state index is 13.3. The van der Waals surface area contributed by atoms with Crippen LogP contribution in [0, 0.1) is 6.92 Å². The minimum atomic E-state index is -0.0624. The largest absolute Gasteiger partial charge is 0.334 e. The zero-order valence-electron chi connectivity index (χ0n) is 16.7. The highest BCUT2D eigenvalue weighted by Gasteiger charge is 2.25. The van der Waals surface area contributed by atoms with Crippen LogP contribution in [0.1, 0.15) is 52.8 Å². The number of amides is 1. The third kappa shape index (κ3) is 3.83. The number of carbonyl (C=O) groups is 1. The first-order valence-corrected chi connectivity index (χ1v) is 11.3. The van der Waals surface area contributed by atoms with Gasteiger partial charge in [0.25, 0.3) is 11.5 Å². The van der Waals surface area contributed by atoms with Crippen LogP contribution in [0.3, 0.4) is 0 Å². The lowest BCUT2D eigenvalue weighted by Gasteiger charge is -2.20. The van der Waals surface area contributed by atoms with Gasteiger partial charge in [-0.2, -0.15) is 0 Å². The Hall–Kier alpha value is -2.18. The summed E-state index contributed by atoms with van der Waals surface area (Å²) in [7, 11) is 0. The van der Waals surface area contributed by atoms with Crippen LogP contribution in [0.25, 0.3) is 10.2 Å².